The van der Waals surface area contributed by atoms with Gasteiger partial charge in [0.2, 0.25) is 17.8 Å². The van der Waals surface area contributed by atoms with Crippen molar-refractivity contribution < 1.29 is 32.9 Å². The van der Waals surface area contributed by atoms with Crippen molar-refractivity contribution in [2.75, 3.05) is 73.6 Å². The number of para-hydroxylation sites is 1. The van der Waals surface area contributed by atoms with E-state index in [1.165, 1.54) is 12.3 Å². The van der Waals surface area contributed by atoms with Gasteiger partial charge >= 0.3 is 0 Å². The van der Waals surface area contributed by atoms with Gasteiger partial charge in [0.05, 0.1) is 41.5 Å². The molecular formula is C44H48ClFN9O6P. The maximum absolute atomic E-state index is 15.8. The van der Waals surface area contributed by atoms with Crippen LogP contribution >= 0.6 is 18.7 Å². The zero-order valence-corrected chi connectivity index (χ0v) is 36.3. The summed E-state index contributed by atoms with van der Waals surface area (Å²) < 4.78 is 34.5. The lowest BCUT2D eigenvalue weighted by Gasteiger charge is -2.44. The van der Waals surface area contributed by atoms with Gasteiger partial charge in [-0.1, -0.05) is 23.7 Å². The zero-order valence-electron chi connectivity index (χ0n) is 34.7. The quantitative estimate of drug-likeness (QED) is 0.119. The third-order valence-electron chi connectivity index (χ3n) is 12.8. The molecule has 18 heteroatoms. The van der Waals surface area contributed by atoms with Crippen LogP contribution < -0.4 is 35.8 Å². The molecule has 4 aromatic rings. The Bertz CT molecular complexity index is 2520. The highest BCUT2D eigenvalue weighted by Crippen LogP contribution is 2.41. The molecule has 1 aromatic heterocycles. The first-order valence-electron chi connectivity index (χ1n) is 21.0. The summed E-state index contributed by atoms with van der Waals surface area (Å²) in [6.07, 6.45) is 5.61. The highest BCUT2D eigenvalue weighted by molar-refractivity contribution is 7.70. The molecule has 3 aromatic carbocycles. The van der Waals surface area contributed by atoms with E-state index in [-0.39, 0.29) is 36.1 Å². The van der Waals surface area contributed by atoms with Crippen LogP contribution in [0.3, 0.4) is 0 Å². The standard InChI is InChI=1S/C44H48ClFN9O6P/c1-61-37-18-26(10-11-33(37)49-44-47-21-31(45)40(51-44)48-34-6-4-5-7-38(34)62(2,3)60)52-16-14-25(15-17-52)22-54-27-8-9-28(54)24-53(23-27)36-20-30-29(19-32(36)46)42(58)55(43(30)59)35-12-13-39(56)50-41(35)57/h4-7,10-11,18-21,25,27-28,35H,8-9,12-17,22-24H2,1-3H3,(H,50,56,57)(H2,47,48,49,51). The molecule has 9 rings (SSSR count). The number of hydrogen-bond acceptors (Lipinski definition) is 13. The molecule has 2 bridgehead atoms. The summed E-state index contributed by atoms with van der Waals surface area (Å²) in [5.41, 5.74) is 2.73. The second kappa shape index (κ2) is 16.6. The van der Waals surface area contributed by atoms with Crippen molar-refractivity contribution in [3.63, 3.8) is 0 Å². The van der Waals surface area contributed by atoms with Crippen molar-refractivity contribution in [1.82, 2.24) is 25.1 Å². The number of piperidine rings is 2. The van der Waals surface area contributed by atoms with Crippen molar-refractivity contribution in [3.8, 4) is 5.75 Å². The van der Waals surface area contributed by atoms with Gasteiger partial charge in [0.25, 0.3) is 11.8 Å². The van der Waals surface area contributed by atoms with Crippen LogP contribution in [-0.2, 0) is 14.2 Å². The second-order valence-corrected chi connectivity index (χ2v) is 20.7. The molecule has 4 fully saturated rings. The first-order valence-corrected chi connectivity index (χ1v) is 23.9. The lowest BCUT2D eigenvalue weighted by atomic mass is 9.94. The molecule has 3 unspecified atom stereocenters. The van der Waals surface area contributed by atoms with Crippen molar-refractivity contribution in [2.45, 2.75) is 56.7 Å². The summed E-state index contributed by atoms with van der Waals surface area (Å²) in [6.45, 7) is 7.39. The number of benzene rings is 3. The minimum absolute atomic E-state index is 0.0171. The number of methoxy groups -OCH3 is 1. The minimum Gasteiger partial charge on any atom is -0.494 e. The lowest BCUT2D eigenvalue weighted by Crippen LogP contribution is -2.55. The third-order valence-corrected chi connectivity index (χ3v) is 14.7. The molecule has 0 radical (unpaired) electrons. The number of carbonyl (C=O) groups is 4. The second-order valence-electron chi connectivity index (χ2n) is 17.1. The average Bonchev–Trinajstić information content (AvgIpc) is 3.61. The van der Waals surface area contributed by atoms with Gasteiger partial charge in [0.1, 0.15) is 29.8 Å². The number of ether oxygens (including phenoxy) is 1. The third kappa shape index (κ3) is 7.99. The first-order chi connectivity index (χ1) is 29.7. The molecule has 324 valence electrons. The van der Waals surface area contributed by atoms with E-state index in [1.807, 2.05) is 41.3 Å². The van der Waals surface area contributed by atoms with Gasteiger partial charge in [-0.05, 0) is 87.7 Å². The predicted molar refractivity (Wildman–Crippen MR) is 236 cm³/mol. The minimum atomic E-state index is -2.57. The summed E-state index contributed by atoms with van der Waals surface area (Å²) in [4.78, 5) is 67.8. The van der Waals surface area contributed by atoms with Gasteiger partial charge in [-0.25, -0.2) is 9.37 Å². The summed E-state index contributed by atoms with van der Waals surface area (Å²) in [6, 6.07) is 15.4. The largest absolute Gasteiger partial charge is 0.494 e. The van der Waals surface area contributed by atoms with Gasteiger partial charge < -0.3 is 29.7 Å². The maximum atomic E-state index is 15.8. The van der Waals surface area contributed by atoms with Crippen molar-refractivity contribution >= 4 is 82.2 Å². The number of anilines is 6. The number of imide groups is 2. The Morgan fingerprint density at radius 2 is 1.60 bits per heavy atom. The Morgan fingerprint density at radius 3 is 2.29 bits per heavy atom. The van der Waals surface area contributed by atoms with Crippen LogP contribution in [-0.4, -0.2) is 115 Å². The van der Waals surface area contributed by atoms with E-state index in [2.05, 4.69) is 41.8 Å². The van der Waals surface area contributed by atoms with Crippen LogP contribution in [0, 0.1) is 11.7 Å². The van der Waals surface area contributed by atoms with E-state index in [4.69, 9.17) is 16.3 Å². The normalized spacial score (nSPS) is 22.0. The van der Waals surface area contributed by atoms with E-state index in [9.17, 15) is 23.7 Å². The van der Waals surface area contributed by atoms with Crippen LogP contribution in [0.25, 0.3) is 0 Å². The zero-order chi connectivity index (χ0) is 43.4. The topological polar surface area (TPSA) is 169 Å². The average molecular weight is 884 g/mol. The smallest absolute Gasteiger partial charge is 0.262 e. The number of nitrogens with one attached hydrogen (secondary N) is 3. The molecule has 5 aliphatic rings. The number of carbonyl (C=O) groups excluding carboxylic acids is 4. The molecule has 15 nitrogen and oxygen atoms in total. The molecule has 0 spiro atoms. The molecule has 3 atom stereocenters. The summed E-state index contributed by atoms with van der Waals surface area (Å²) in [7, 11) is -0.944. The number of fused-ring (bicyclic) bond motifs is 3. The van der Waals surface area contributed by atoms with Gasteiger partial charge in [-0.3, -0.25) is 34.3 Å². The van der Waals surface area contributed by atoms with E-state index in [1.54, 1.807) is 20.4 Å². The molecule has 4 saturated heterocycles. The Kier molecular flexibility index (Phi) is 11.2. The van der Waals surface area contributed by atoms with E-state index >= 15 is 4.39 Å². The highest BCUT2D eigenvalue weighted by atomic mass is 35.5. The number of rotatable bonds is 11. The fourth-order valence-corrected chi connectivity index (χ4v) is 11.0. The first kappa shape index (κ1) is 41.8. The molecule has 0 saturated carbocycles. The molecule has 3 N–H and O–H groups in total. The van der Waals surface area contributed by atoms with Crippen LogP contribution in [0.1, 0.15) is 59.2 Å². The molecule has 0 aliphatic carbocycles. The lowest BCUT2D eigenvalue weighted by molar-refractivity contribution is -0.136. The fraction of sp³-hybridized carbons (Fsp3) is 0.409. The van der Waals surface area contributed by atoms with Crippen LogP contribution in [0.4, 0.5) is 38.9 Å². The highest BCUT2D eigenvalue weighted by Gasteiger charge is 2.47. The summed E-state index contributed by atoms with van der Waals surface area (Å²) in [5, 5.41) is 9.72. The number of halogens is 2. The number of aromatic nitrogens is 2. The molecule has 62 heavy (non-hydrogen) atoms. The Hall–Kier alpha value is -5.57. The molecular weight excluding hydrogens is 836 g/mol. The number of hydrogen-bond donors (Lipinski definition) is 3. The van der Waals surface area contributed by atoms with Crippen LogP contribution in [0.2, 0.25) is 5.02 Å². The number of piperazine rings is 1. The van der Waals surface area contributed by atoms with Gasteiger partial charge in [0, 0.05) is 68.3 Å². The molecule has 5 aliphatic heterocycles. The monoisotopic (exact) mass is 883 g/mol. The summed E-state index contributed by atoms with van der Waals surface area (Å²) in [5.74, 6) is -1.23. The van der Waals surface area contributed by atoms with Crippen molar-refractivity contribution in [3.05, 3.63) is 82.8 Å². The molecule has 4 amide bonds. The van der Waals surface area contributed by atoms with Gasteiger partial charge in [-0.15, -0.1) is 0 Å². The molecule has 6 heterocycles. The predicted octanol–water partition coefficient (Wildman–Crippen LogP) is 5.98. The van der Waals surface area contributed by atoms with Gasteiger partial charge in [0.15, 0.2) is 5.82 Å². The summed E-state index contributed by atoms with van der Waals surface area (Å²) >= 11 is 6.48. The maximum Gasteiger partial charge on any atom is 0.262 e. The number of nitrogens with zero attached hydrogens (tertiary/aromatic N) is 6. The van der Waals surface area contributed by atoms with Crippen molar-refractivity contribution in [1.29, 1.82) is 0 Å². The van der Waals surface area contributed by atoms with E-state index in [0.717, 1.165) is 62.0 Å². The SMILES string of the molecule is COc1cc(N2CCC(CN3C4CCC3CN(c3cc5c(cc3F)C(=O)N(C3CCC(=O)NC3=O)C5=O)C4)CC2)ccc1Nc1ncc(Cl)c(Nc2ccccc2P(C)(C)=O)n1. The Morgan fingerprint density at radius 1 is 0.887 bits per heavy atom. The van der Waals surface area contributed by atoms with E-state index in [0.29, 0.717) is 63.9 Å². The van der Waals surface area contributed by atoms with E-state index < -0.39 is 42.6 Å². The fourth-order valence-electron chi connectivity index (χ4n) is 9.67. The van der Waals surface area contributed by atoms with Crippen molar-refractivity contribution in [2.24, 2.45) is 5.92 Å². The Labute approximate surface area is 363 Å². The Balaban J connectivity index is 0.808. The van der Waals surface area contributed by atoms with Gasteiger partial charge in [-0.2, -0.15) is 4.98 Å². The van der Waals surface area contributed by atoms with Crippen LogP contribution in [0.15, 0.2) is 60.8 Å². The number of amides is 4. The van der Waals surface area contributed by atoms with Crippen LogP contribution in [0.5, 0.6) is 5.75 Å².